The van der Waals surface area contributed by atoms with E-state index in [0.29, 0.717) is 22.4 Å². The minimum atomic E-state index is -0.824. The number of fused-ring (bicyclic) bond motifs is 2. The van der Waals surface area contributed by atoms with Crippen LogP contribution in [0, 0.1) is 0 Å². The Balaban J connectivity index is 2.35. The van der Waals surface area contributed by atoms with Gasteiger partial charge in [0, 0.05) is 21.9 Å². The fraction of sp³-hybridized carbons (Fsp3) is 0.316. The normalized spacial score (nSPS) is 20.4. The molecule has 2 aromatic carbocycles. The van der Waals surface area contributed by atoms with E-state index >= 15 is 0 Å². The van der Waals surface area contributed by atoms with E-state index < -0.39 is 28.4 Å². The SMILES string of the molecule is CC1=CC(=O)c2c(O)c(O)c(O)c3c(O)c4c(c1c23)O[C@@H](C)C4(C)C. The van der Waals surface area contributed by atoms with Crippen molar-refractivity contribution in [2.45, 2.75) is 39.2 Å². The number of ether oxygens (including phenoxy) is 1. The van der Waals surface area contributed by atoms with Crippen molar-refractivity contribution in [3.8, 4) is 28.7 Å². The molecule has 0 radical (unpaired) electrons. The number of allylic oxidation sites excluding steroid dienone is 2. The van der Waals surface area contributed by atoms with E-state index in [1.54, 1.807) is 6.92 Å². The van der Waals surface area contributed by atoms with Crippen molar-refractivity contribution in [2.75, 3.05) is 0 Å². The highest BCUT2D eigenvalue weighted by Gasteiger charge is 2.46. The molecule has 2 aromatic rings. The number of carbonyl (C=O) groups is 1. The molecule has 0 amide bonds. The molecule has 1 atom stereocenters. The largest absolute Gasteiger partial charge is 0.507 e. The molecule has 25 heavy (non-hydrogen) atoms. The molecule has 0 bridgehead atoms. The minimum absolute atomic E-state index is 0.0503. The number of benzene rings is 2. The Morgan fingerprint density at radius 2 is 1.60 bits per heavy atom. The van der Waals surface area contributed by atoms with Crippen LogP contribution in [-0.2, 0) is 5.41 Å². The monoisotopic (exact) mass is 342 g/mol. The smallest absolute Gasteiger partial charge is 0.201 e. The highest BCUT2D eigenvalue weighted by molar-refractivity contribution is 6.26. The van der Waals surface area contributed by atoms with Gasteiger partial charge < -0.3 is 25.2 Å². The van der Waals surface area contributed by atoms with E-state index in [1.807, 2.05) is 20.8 Å². The van der Waals surface area contributed by atoms with Crippen molar-refractivity contribution in [1.82, 2.24) is 0 Å². The number of phenols is 4. The lowest BCUT2D eigenvalue weighted by atomic mass is 9.76. The summed E-state index contributed by atoms with van der Waals surface area (Å²) in [5.41, 5.74) is 0.959. The van der Waals surface area contributed by atoms with E-state index in [2.05, 4.69) is 0 Å². The predicted molar refractivity (Wildman–Crippen MR) is 91.7 cm³/mol. The zero-order valence-electron chi connectivity index (χ0n) is 14.3. The predicted octanol–water partition coefficient (Wildman–Crippen LogP) is 3.32. The van der Waals surface area contributed by atoms with Gasteiger partial charge in [-0.25, -0.2) is 0 Å². The maximum absolute atomic E-state index is 12.4. The van der Waals surface area contributed by atoms with Crippen LogP contribution in [0.3, 0.4) is 0 Å². The summed E-state index contributed by atoms with van der Waals surface area (Å²) >= 11 is 0. The van der Waals surface area contributed by atoms with Gasteiger partial charge in [-0.2, -0.15) is 0 Å². The number of carbonyl (C=O) groups excluding carboxylic acids is 1. The van der Waals surface area contributed by atoms with Crippen molar-refractivity contribution < 1.29 is 30.0 Å². The number of phenolic OH excluding ortho intramolecular Hbond substituents is 4. The molecule has 6 nitrogen and oxygen atoms in total. The summed E-state index contributed by atoms with van der Waals surface area (Å²) in [6.07, 6.45) is 1.10. The lowest BCUT2D eigenvalue weighted by molar-refractivity contribution is 0.104. The third-order valence-corrected chi connectivity index (χ3v) is 5.54. The van der Waals surface area contributed by atoms with Crippen LogP contribution in [0.15, 0.2) is 6.08 Å². The highest BCUT2D eigenvalue weighted by atomic mass is 16.5. The van der Waals surface area contributed by atoms with E-state index in [9.17, 15) is 25.2 Å². The van der Waals surface area contributed by atoms with Gasteiger partial charge in [-0.3, -0.25) is 4.79 Å². The Labute approximate surface area is 143 Å². The summed E-state index contributed by atoms with van der Waals surface area (Å²) in [5.74, 6) is -2.50. The second-order valence-electron chi connectivity index (χ2n) is 7.27. The average molecular weight is 342 g/mol. The second kappa shape index (κ2) is 4.39. The molecule has 0 spiro atoms. The molecule has 1 aliphatic heterocycles. The van der Waals surface area contributed by atoms with Gasteiger partial charge >= 0.3 is 0 Å². The second-order valence-corrected chi connectivity index (χ2v) is 7.27. The molecule has 0 saturated carbocycles. The average Bonchev–Trinajstić information content (AvgIpc) is 2.74. The van der Waals surface area contributed by atoms with Crippen molar-refractivity contribution in [3.63, 3.8) is 0 Å². The van der Waals surface area contributed by atoms with Crippen molar-refractivity contribution in [1.29, 1.82) is 0 Å². The topological polar surface area (TPSA) is 107 Å². The molecule has 2 aliphatic rings. The first-order valence-corrected chi connectivity index (χ1v) is 7.98. The summed E-state index contributed by atoms with van der Waals surface area (Å²) in [6, 6.07) is 0. The van der Waals surface area contributed by atoms with Gasteiger partial charge in [-0.1, -0.05) is 13.8 Å². The minimum Gasteiger partial charge on any atom is -0.507 e. The number of ketones is 1. The first kappa shape index (κ1) is 15.6. The lowest BCUT2D eigenvalue weighted by Crippen LogP contribution is -2.28. The zero-order chi connectivity index (χ0) is 18.4. The third kappa shape index (κ3) is 1.61. The Morgan fingerprint density at radius 3 is 2.24 bits per heavy atom. The Morgan fingerprint density at radius 1 is 0.960 bits per heavy atom. The molecular formula is C19H18O6. The lowest BCUT2D eigenvalue weighted by Gasteiger charge is -2.25. The van der Waals surface area contributed by atoms with Gasteiger partial charge in [-0.05, 0) is 25.5 Å². The van der Waals surface area contributed by atoms with Crippen LogP contribution in [-0.4, -0.2) is 32.3 Å². The molecule has 0 fully saturated rings. The van der Waals surface area contributed by atoms with E-state index in [1.165, 1.54) is 6.08 Å². The molecule has 1 aliphatic carbocycles. The maximum atomic E-state index is 12.4. The summed E-state index contributed by atoms with van der Waals surface area (Å²) in [5, 5.41) is 41.7. The van der Waals surface area contributed by atoms with Crippen LogP contribution < -0.4 is 4.74 Å². The third-order valence-electron chi connectivity index (χ3n) is 5.54. The fourth-order valence-corrected chi connectivity index (χ4v) is 3.86. The van der Waals surface area contributed by atoms with Crippen LogP contribution in [0.25, 0.3) is 16.3 Å². The summed E-state index contributed by atoms with van der Waals surface area (Å²) in [4.78, 5) is 12.4. The van der Waals surface area contributed by atoms with Gasteiger partial charge in [0.25, 0.3) is 0 Å². The van der Waals surface area contributed by atoms with Gasteiger partial charge in [0.1, 0.15) is 17.6 Å². The standard InChI is InChI=1S/C19H18O6/c1-6-5-8(20)10-11-9(6)18-13(19(3,4)7(2)25-18)14(21)12(11)16(23)17(24)15(10)22/h5,7,21-24H,1-4H3/t7-/m0/s1. The first-order chi connectivity index (χ1) is 11.6. The highest BCUT2D eigenvalue weighted by Crippen LogP contribution is 2.60. The van der Waals surface area contributed by atoms with Crippen LogP contribution >= 0.6 is 0 Å². The van der Waals surface area contributed by atoms with Crippen LogP contribution in [0.2, 0.25) is 0 Å². The number of rotatable bonds is 0. The zero-order valence-corrected chi connectivity index (χ0v) is 14.3. The molecule has 130 valence electrons. The first-order valence-electron chi connectivity index (χ1n) is 7.98. The Hall–Kier alpha value is -2.89. The van der Waals surface area contributed by atoms with Crippen molar-refractivity contribution >= 4 is 22.1 Å². The van der Waals surface area contributed by atoms with E-state index in [-0.39, 0.29) is 28.2 Å². The van der Waals surface area contributed by atoms with E-state index in [0.717, 1.165) is 0 Å². The molecule has 4 N–H and O–H groups in total. The van der Waals surface area contributed by atoms with E-state index in [4.69, 9.17) is 4.74 Å². The Bertz CT molecular complexity index is 1030. The van der Waals surface area contributed by atoms with Gasteiger partial charge in [0.2, 0.25) is 5.75 Å². The van der Waals surface area contributed by atoms with Gasteiger partial charge in [0.05, 0.1) is 10.9 Å². The summed E-state index contributed by atoms with van der Waals surface area (Å²) in [6.45, 7) is 7.42. The van der Waals surface area contributed by atoms with Crippen LogP contribution in [0.4, 0.5) is 0 Å². The molecule has 0 aromatic heterocycles. The molecule has 1 heterocycles. The summed E-state index contributed by atoms with van der Waals surface area (Å²) in [7, 11) is 0. The van der Waals surface area contributed by atoms with Gasteiger partial charge in [0.15, 0.2) is 17.3 Å². The molecule has 0 unspecified atom stereocenters. The Kier molecular flexibility index (Phi) is 2.74. The number of hydrogen-bond donors (Lipinski definition) is 4. The molecule has 6 heteroatoms. The van der Waals surface area contributed by atoms with Gasteiger partial charge in [-0.15, -0.1) is 0 Å². The molecule has 0 saturated heterocycles. The summed E-state index contributed by atoms with van der Waals surface area (Å²) < 4.78 is 6.00. The molecule has 4 rings (SSSR count). The number of hydrogen-bond acceptors (Lipinski definition) is 6. The van der Waals surface area contributed by atoms with Crippen LogP contribution in [0.5, 0.6) is 28.7 Å². The van der Waals surface area contributed by atoms with Crippen molar-refractivity contribution in [3.05, 3.63) is 22.8 Å². The van der Waals surface area contributed by atoms with Crippen molar-refractivity contribution in [2.24, 2.45) is 0 Å². The molecular weight excluding hydrogens is 324 g/mol. The quantitative estimate of drug-likeness (QED) is 0.547. The number of aromatic hydroxyl groups is 4. The maximum Gasteiger partial charge on any atom is 0.201 e. The van der Waals surface area contributed by atoms with Crippen LogP contribution in [0.1, 0.15) is 49.2 Å². The fourth-order valence-electron chi connectivity index (χ4n) is 3.86.